The number of rotatable bonds is 3. The van der Waals surface area contributed by atoms with E-state index in [4.69, 9.17) is 11.5 Å². The molecule has 0 fully saturated rings. The van der Waals surface area contributed by atoms with Crippen LogP contribution in [0.5, 0.6) is 0 Å². The maximum atomic E-state index is 11.2. The number of carbonyl (C=O) groups is 1. The summed E-state index contributed by atoms with van der Waals surface area (Å²) in [6, 6.07) is -1.39. The molecule has 10 nitrogen and oxygen atoms in total. The SMILES string of the molecule is CN(S(C)(=O)=O)S(=O)(=O)NC(=O)N=C(N)N. The van der Waals surface area contributed by atoms with Gasteiger partial charge in [0.05, 0.1) is 6.26 Å². The molecule has 0 spiro atoms. The number of carbonyl (C=O) groups excluding carboxylic acids is 1. The van der Waals surface area contributed by atoms with Crippen molar-refractivity contribution in [2.24, 2.45) is 16.5 Å². The molecule has 0 heterocycles. The third kappa shape index (κ3) is 4.41. The summed E-state index contributed by atoms with van der Waals surface area (Å²) >= 11 is 0. The Kier molecular flexibility index (Phi) is 4.22. The van der Waals surface area contributed by atoms with Crippen molar-refractivity contribution in [1.29, 1.82) is 0 Å². The van der Waals surface area contributed by atoms with Gasteiger partial charge in [-0.1, -0.05) is 3.71 Å². The van der Waals surface area contributed by atoms with Gasteiger partial charge in [0.1, 0.15) is 0 Å². The van der Waals surface area contributed by atoms with Gasteiger partial charge in [-0.15, -0.1) is 0 Å². The Bertz CT molecular complexity index is 501. The maximum absolute atomic E-state index is 11.2. The molecule has 0 aromatic heterocycles. The molecule has 0 aliphatic carbocycles. The van der Waals surface area contributed by atoms with Gasteiger partial charge in [-0.3, -0.25) is 0 Å². The highest BCUT2D eigenvalue weighted by atomic mass is 32.3. The van der Waals surface area contributed by atoms with Crippen LogP contribution in [0, 0.1) is 0 Å². The summed E-state index contributed by atoms with van der Waals surface area (Å²) in [5.41, 5.74) is 9.63. The van der Waals surface area contributed by atoms with E-state index in [9.17, 15) is 21.6 Å². The highest BCUT2D eigenvalue weighted by molar-refractivity contribution is 8.03. The van der Waals surface area contributed by atoms with Gasteiger partial charge in [-0.05, 0) is 0 Å². The molecule has 0 aromatic carbocycles. The molecule has 0 rings (SSSR count). The zero-order valence-electron chi connectivity index (χ0n) is 8.41. The molecule has 0 aliphatic heterocycles. The van der Waals surface area contributed by atoms with Gasteiger partial charge >= 0.3 is 16.2 Å². The van der Waals surface area contributed by atoms with E-state index in [1.807, 2.05) is 0 Å². The Morgan fingerprint density at radius 2 is 1.69 bits per heavy atom. The fourth-order valence-electron chi connectivity index (χ4n) is 0.493. The molecule has 94 valence electrons. The average Bonchev–Trinajstić information content (AvgIpc) is 1.97. The number of hydrogen-bond donors (Lipinski definition) is 3. The second-order valence-corrected chi connectivity index (χ2v) is 6.54. The Balaban J connectivity index is 5.01. The number of sulfonamides is 1. The zero-order chi connectivity index (χ0) is 13.1. The number of aliphatic imine (C=N–C) groups is 1. The maximum Gasteiger partial charge on any atom is 0.358 e. The minimum absolute atomic E-state index is 0.0277. The Morgan fingerprint density at radius 3 is 2.00 bits per heavy atom. The lowest BCUT2D eigenvalue weighted by Crippen LogP contribution is -2.43. The van der Waals surface area contributed by atoms with Crippen LogP contribution in [0.25, 0.3) is 0 Å². The molecule has 0 aliphatic rings. The monoisotopic (exact) mass is 273 g/mol. The molecule has 12 heteroatoms. The zero-order valence-corrected chi connectivity index (χ0v) is 10.0. The third-order valence-electron chi connectivity index (χ3n) is 1.25. The molecule has 0 atom stereocenters. The van der Waals surface area contributed by atoms with Gasteiger partial charge in [0, 0.05) is 7.05 Å². The Hall–Kier alpha value is -1.40. The first-order chi connectivity index (χ1) is 6.97. The van der Waals surface area contributed by atoms with Crippen LogP contribution in [0.2, 0.25) is 0 Å². The highest BCUT2D eigenvalue weighted by Crippen LogP contribution is 2.00. The first-order valence-corrected chi connectivity index (χ1v) is 6.86. The number of nitrogens with one attached hydrogen (secondary N) is 1. The lowest BCUT2D eigenvalue weighted by molar-refractivity contribution is 0.253. The molecule has 5 N–H and O–H groups in total. The predicted molar refractivity (Wildman–Crippen MR) is 55.9 cm³/mol. The first kappa shape index (κ1) is 14.6. The van der Waals surface area contributed by atoms with Crippen molar-refractivity contribution in [3.8, 4) is 0 Å². The molecule has 16 heavy (non-hydrogen) atoms. The normalized spacial score (nSPS) is 12.2. The highest BCUT2D eigenvalue weighted by Gasteiger charge is 2.27. The van der Waals surface area contributed by atoms with Crippen molar-refractivity contribution >= 4 is 32.2 Å². The summed E-state index contributed by atoms with van der Waals surface area (Å²) in [6.07, 6.45) is 0.650. The summed E-state index contributed by atoms with van der Waals surface area (Å²) in [5.74, 6) is -0.658. The summed E-state index contributed by atoms with van der Waals surface area (Å²) in [4.78, 5) is 13.7. The lowest BCUT2D eigenvalue weighted by Gasteiger charge is -2.13. The number of hydrogen-bond acceptors (Lipinski definition) is 5. The van der Waals surface area contributed by atoms with Crippen molar-refractivity contribution in [1.82, 2.24) is 8.43 Å². The van der Waals surface area contributed by atoms with Crippen molar-refractivity contribution in [3.63, 3.8) is 0 Å². The standard InChI is InChI=1S/C4H11N5O5S2/c1-9(15(2,11)12)16(13,14)8-4(10)7-3(5)6/h1-2H3,(H5,5,6,7,8,10). The minimum Gasteiger partial charge on any atom is -0.370 e. The first-order valence-electron chi connectivity index (χ1n) is 3.57. The van der Waals surface area contributed by atoms with E-state index in [2.05, 4.69) is 4.99 Å². The molecular formula is C4H11N5O5S2. The predicted octanol–water partition coefficient (Wildman–Crippen LogP) is -2.89. The van der Waals surface area contributed by atoms with Crippen molar-refractivity contribution < 1.29 is 21.6 Å². The van der Waals surface area contributed by atoms with E-state index >= 15 is 0 Å². The van der Waals surface area contributed by atoms with Crippen LogP contribution in [0.15, 0.2) is 4.99 Å². The van der Waals surface area contributed by atoms with Gasteiger partial charge in [0.2, 0.25) is 10.0 Å². The lowest BCUT2D eigenvalue weighted by atomic mass is 11.0. The third-order valence-corrected chi connectivity index (χ3v) is 4.70. The summed E-state index contributed by atoms with van der Waals surface area (Å²) in [6.45, 7) is 0. The quantitative estimate of drug-likeness (QED) is 0.366. The fourth-order valence-corrected chi connectivity index (χ4v) is 2.43. The van der Waals surface area contributed by atoms with E-state index < -0.39 is 32.2 Å². The summed E-state index contributed by atoms with van der Waals surface area (Å²) in [5, 5.41) is 0. The van der Waals surface area contributed by atoms with Crippen LogP contribution in [0.1, 0.15) is 0 Å². The summed E-state index contributed by atoms with van der Waals surface area (Å²) in [7, 11) is -7.80. The van der Waals surface area contributed by atoms with Gasteiger partial charge in [0.25, 0.3) is 0 Å². The van der Waals surface area contributed by atoms with Crippen LogP contribution in [-0.2, 0) is 20.2 Å². The molecule has 0 unspecified atom stereocenters. The largest absolute Gasteiger partial charge is 0.370 e. The van der Waals surface area contributed by atoms with E-state index in [-0.39, 0.29) is 3.71 Å². The van der Waals surface area contributed by atoms with Gasteiger partial charge in [-0.25, -0.2) is 17.9 Å². The van der Waals surface area contributed by atoms with Crippen LogP contribution in [-0.4, -0.2) is 45.8 Å². The van der Waals surface area contributed by atoms with Gasteiger partial charge in [-0.2, -0.15) is 13.4 Å². The van der Waals surface area contributed by atoms with Crippen LogP contribution in [0.3, 0.4) is 0 Å². The number of nitrogens with zero attached hydrogens (tertiary/aromatic N) is 2. The second kappa shape index (κ2) is 4.63. The average molecular weight is 273 g/mol. The molecule has 0 bridgehead atoms. The van der Waals surface area contributed by atoms with Crippen molar-refractivity contribution in [2.45, 2.75) is 0 Å². The molecule has 0 radical (unpaired) electrons. The number of urea groups is 1. The molecule has 0 saturated carbocycles. The van der Waals surface area contributed by atoms with Crippen LogP contribution in [0.4, 0.5) is 4.79 Å². The van der Waals surface area contributed by atoms with Crippen LogP contribution >= 0.6 is 0 Å². The number of guanidine groups is 1. The Labute approximate surface area is 92.5 Å². The van der Waals surface area contributed by atoms with Crippen LogP contribution < -0.4 is 16.2 Å². The van der Waals surface area contributed by atoms with Gasteiger partial charge in [0.15, 0.2) is 5.96 Å². The van der Waals surface area contributed by atoms with E-state index in [0.29, 0.717) is 6.26 Å². The molecule has 0 saturated heterocycles. The molecule has 0 aromatic rings. The molecular weight excluding hydrogens is 262 g/mol. The molecule has 2 amide bonds. The topological polar surface area (TPSA) is 165 Å². The van der Waals surface area contributed by atoms with E-state index in [0.717, 1.165) is 7.05 Å². The minimum atomic E-state index is -4.54. The van der Waals surface area contributed by atoms with Crippen molar-refractivity contribution in [3.05, 3.63) is 0 Å². The smallest absolute Gasteiger partial charge is 0.358 e. The van der Waals surface area contributed by atoms with E-state index in [1.165, 1.54) is 4.72 Å². The van der Waals surface area contributed by atoms with E-state index in [1.54, 1.807) is 0 Å². The Morgan fingerprint density at radius 1 is 1.25 bits per heavy atom. The second-order valence-electron chi connectivity index (χ2n) is 2.59. The van der Waals surface area contributed by atoms with Crippen molar-refractivity contribution in [2.75, 3.05) is 13.3 Å². The fraction of sp³-hybridized carbons (Fsp3) is 0.500. The summed E-state index contributed by atoms with van der Waals surface area (Å²) < 4.78 is 45.5. The number of nitrogens with two attached hydrogens (primary N) is 2. The van der Waals surface area contributed by atoms with Gasteiger partial charge < -0.3 is 11.5 Å². The number of amides is 2.